The minimum Gasteiger partial charge on any atom is -0.465 e. The Balaban J connectivity index is 1.57. The highest BCUT2D eigenvalue weighted by atomic mass is 16.5. The van der Waals surface area contributed by atoms with Crippen LogP contribution in [0.3, 0.4) is 0 Å². The molecule has 1 aliphatic rings. The van der Waals surface area contributed by atoms with Gasteiger partial charge in [-0.25, -0.2) is 4.79 Å². The third kappa shape index (κ3) is 4.84. The fourth-order valence-corrected chi connectivity index (χ4v) is 3.23. The summed E-state index contributed by atoms with van der Waals surface area (Å²) < 4.78 is 10.2. The number of carbonyl (C=O) groups excluding carboxylic acids is 1. The van der Waals surface area contributed by atoms with E-state index in [-0.39, 0.29) is 5.97 Å². The number of nitrogens with zero attached hydrogens (tertiary/aromatic N) is 2. The van der Waals surface area contributed by atoms with Crippen LogP contribution in [0.4, 0.5) is 5.69 Å². The highest BCUT2D eigenvalue weighted by Crippen LogP contribution is 2.18. The number of anilines is 1. The largest absolute Gasteiger partial charge is 0.465 e. The van der Waals surface area contributed by atoms with Crippen molar-refractivity contribution in [3.63, 3.8) is 0 Å². The number of hydrogen-bond donors (Lipinski definition) is 0. The molecule has 2 aromatic carbocycles. The van der Waals surface area contributed by atoms with E-state index in [9.17, 15) is 4.79 Å². The fraction of sp³-hybridized carbons (Fsp3) is 0.381. The van der Waals surface area contributed by atoms with Crippen LogP contribution in [0, 0.1) is 0 Å². The van der Waals surface area contributed by atoms with E-state index in [1.807, 2.05) is 18.2 Å². The van der Waals surface area contributed by atoms with Crippen molar-refractivity contribution in [2.24, 2.45) is 0 Å². The summed E-state index contributed by atoms with van der Waals surface area (Å²) >= 11 is 0. The molecular weight excluding hydrogens is 328 g/mol. The lowest BCUT2D eigenvalue weighted by atomic mass is 10.1. The Hall–Kier alpha value is -2.37. The van der Waals surface area contributed by atoms with Gasteiger partial charge in [0.25, 0.3) is 0 Å². The lowest BCUT2D eigenvalue weighted by Gasteiger charge is -2.29. The van der Waals surface area contributed by atoms with E-state index >= 15 is 0 Å². The van der Waals surface area contributed by atoms with Crippen molar-refractivity contribution in [1.29, 1.82) is 0 Å². The predicted octanol–water partition coefficient (Wildman–Crippen LogP) is 2.94. The molecule has 0 aliphatic carbocycles. The summed E-state index contributed by atoms with van der Waals surface area (Å²) in [7, 11) is 3.49. The standard InChI is InChI=1S/C21H26N2O3/c1-22(16-18-4-3-5-19(14-18)21(24)25-2)15-17-6-8-20(9-7-17)23-10-12-26-13-11-23/h3-9,14H,10-13,15-16H2,1-2H3. The van der Waals surface area contributed by atoms with Crippen LogP contribution >= 0.6 is 0 Å². The summed E-state index contributed by atoms with van der Waals surface area (Å²) in [5, 5.41) is 0. The predicted molar refractivity (Wildman–Crippen MR) is 102 cm³/mol. The molecule has 1 saturated heterocycles. The first-order valence-electron chi connectivity index (χ1n) is 8.93. The Morgan fingerprint density at radius 1 is 1.08 bits per heavy atom. The third-order valence-electron chi connectivity index (χ3n) is 4.57. The zero-order valence-corrected chi connectivity index (χ0v) is 15.5. The summed E-state index contributed by atoms with van der Waals surface area (Å²) in [6.45, 7) is 5.14. The van der Waals surface area contributed by atoms with Crippen molar-refractivity contribution < 1.29 is 14.3 Å². The maximum atomic E-state index is 11.7. The highest BCUT2D eigenvalue weighted by molar-refractivity contribution is 5.89. The Labute approximate surface area is 155 Å². The molecule has 0 unspecified atom stereocenters. The molecule has 0 N–H and O–H groups in total. The van der Waals surface area contributed by atoms with Gasteiger partial charge in [0.05, 0.1) is 25.9 Å². The average Bonchev–Trinajstić information content (AvgIpc) is 2.68. The molecule has 5 heteroatoms. The van der Waals surface area contributed by atoms with Crippen molar-refractivity contribution in [1.82, 2.24) is 4.90 Å². The van der Waals surface area contributed by atoms with Crippen molar-refractivity contribution in [2.75, 3.05) is 45.4 Å². The molecule has 2 aromatic rings. The van der Waals surface area contributed by atoms with Gasteiger partial charge in [0, 0.05) is 31.9 Å². The number of esters is 1. The molecular formula is C21H26N2O3. The Morgan fingerprint density at radius 2 is 1.77 bits per heavy atom. The van der Waals surface area contributed by atoms with E-state index in [0.29, 0.717) is 5.56 Å². The van der Waals surface area contributed by atoms with E-state index in [0.717, 1.165) is 45.0 Å². The van der Waals surface area contributed by atoms with Crippen molar-refractivity contribution >= 4 is 11.7 Å². The van der Waals surface area contributed by atoms with Crippen molar-refractivity contribution in [3.05, 3.63) is 65.2 Å². The number of methoxy groups -OCH3 is 1. The Bertz CT molecular complexity index is 724. The first-order chi connectivity index (χ1) is 12.7. The Morgan fingerprint density at radius 3 is 2.46 bits per heavy atom. The summed E-state index contributed by atoms with van der Waals surface area (Å²) in [5.74, 6) is -0.298. The van der Waals surface area contributed by atoms with Gasteiger partial charge in [0.15, 0.2) is 0 Å². The van der Waals surface area contributed by atoms with Crippen LogP contribution in [0.25, 0.3) is 0 Å². The molecule has 3 rings (SSSR count). The normalized spacial score (nSPS) is 14.5. The summed E-state index contributed by atoms with van der Waals surface area (Å²) in [6, 6.07) is 16.3. The molecule has 1 fully saturated rings. The topological polar surface area (TPSA) is 42.0 Å². The minimum atomic E-state index is -0.298. The minimum absolute atomic E-state index is 0.298. The van der Waals surface area contributed by atoms with E-state index in [4.69, 9.17) is 9.47 Å². The highest BCUT2D eigenvalue weighted by Gasteiger charge is 2.11. The maximum Gasteiger partial charge on any atom is 0.337 e. The summed E-state index contributed by atoms with van der Waals surface area (Å²) in [5.41, 5.74) is 4.22. The monoisotopic (exact) mass is 354 g/mol. The van der Waals surface area contributed by atoms with Crippen LogP contribution in [0.1, 0.15) is 21.5 Å². The molecule has 0 saturated carbocycles. The zero-order valence-electron chi connectivity index (χ0n) is 15.5. The number of benzene rings is 2. The van der Waals surface area contributed by atoms with Gasteiger partial charge < -0.3 is 14.4 Å². The van der Waals surface area contributed by atoms with Crippen LogP contribution in [0.2, 0.25) is 0 Å². The molecule has 0 amide bonds. The van der Waals surface area contributed by atoms with Gasteiger partial charge in [0.2, 0.25) is 0 Å². The molecule has 138 valence electrons. The second-order valence-electron chi connectivity index (χ2n) is 6.63. The van der Waals surface area contributed by atoms with Crippen LogP contribution < -0.4 is 4.90 Å². The lowest BCUT2D eigenvalue weighted by Crippen LogP contribution is -2.36. The van der Waals surface area contributed by atoms with Gasteiger partial charge in [-0.15, -0.1) is 0 Å². The van der Waals surface area contributed by atoms with E-state index < -0.39 is 0 Å². The maximum absolute atomic E-state index is 11.7. The number of ether oxygens (including phenoxy) is 2. The molecule has 0 atom stereocenters. The van der Waals surface area contributed by atoms with Crippen molar-refractivity contribution in [3.8, 4) is 0 Å². The number of morpholine rings is 1. The molecule has 0 spiro atoms. The average molecular weight is 354 g/mol. The van der Waals surface area contributed by atoms with Crippen LogP contribution in [0.15, 0.2) is 48.5 Å². The van der Waals surface area contributed by atoms with E-state index in [2.05, 4.69) is 41.1 Å². The van der Waals surface area contributed by atoms with Gasteiger partial charge in [-0.3, -0.25) is 4.90 Å². The van der Waals surface area contributed by atoms with Crippen LogP contribution in [-0.4, -0.2) is 51.3 Å². The van der Waals surface area contributed by atoms with E-state index in [1.54, 1.807) is 6.07 Å². The molecule has 26 heavy (non-hydrogen) atoms. The molecule has 1 aliphatic heterocycles. The SMILES string of the molecule is COC(=O)c1cccc(CN(C)Cc2ccc(N3CCOCC3)cc2)c1. The van der Waals surface area contributed by atoms with Crippen LogP contribution in [0.5, 0.6) is 0 Å². The van der Waals surface area contributed by atoms with E-state index in [1.165, 1.54) is 18.4 Å². The molecule has 0 bridgehead atoms. The van der Waals surface area contributed by atoms with Gasteiger partial charge in [0.1, 0.15) is 0 Å². The number of hydrogen-bond acceptors (Lipinski definition) is 5. The number of rotatable bonds is 6. The van der Waals surface area contributed by atoms with Crippen molar-refractivity contribution in [2.45, 2.75) is 13.1 Å². The second-order valence-corrected chi connectivity index (χ2v) is 6.63. The first kappa shape index (κ1) is 18.4. The van der Waals surface area contributed by atoms with Crippen LogP contribution in [-0.2, 0) is 22.6 Å². The molecule has 0 radical (unpaired) electrons. The summed E-state index contributed by atoms with van der Waals surface area (Å²) in [6.07, 6.45) is 0. The number of carbonyl (C=O) groups is 1. The molecule has 1 heterocycles. The molecule has 5 nitrogen and oxygen atoms in total. The second kappa shape index (κ2) is 8.83. The van der Waals surface area contributed by atoms with Gasteiger partial charge in [-0.05, 0) is 42.4 Å². The third-order valence-corrected chi connectivity index (χ3v) is 4.57. The summed E-state index contributed by atoms with van der Waals surface area (Å²) in [4.78, 5) is 16.2. The quantitative estimate of drug-likeness (QED) is 0.746. The van der Waals surface area contributed by atoms with Gasteiger partial charge in [-0.2, -0.15) is 0 Å². The molecule has 0 aromatic heterocycles. The Kier molecular flexibility index (Phi) is 6.26. The fourth-order valence-electron chi connectivity index (χ4n) is 3.23. The first-order valence-corrected chi connectivity index (χ1v) is 8.93. The van der Waals surface area contributed by atoms with Gasteiger partial charge >= 0.3 is 5.97 Å². The zero-order chi connectivity index (χ0) is 18.4. The lowest BCUT2D eigenvalue weighted by molar-refractivity contribution is 0.0600. The smallest absolute Gasteiger partial charge is 0.337 e. The van der Waals surface area contributed by atoms with Gasteiger partial charge in [-0.1, -0.05) is 24.3 Å².